The van der Waals surface area contributed by atoms with Crippen LogP contribution in [0.3, 0.4) is 0 Å². The molecule has 0 aromatic heterocycles. The lowest BCUT2D eigenvalue weighted by molar-refractivity contribution is 0.0150. The van der Waals surface area contributed by atoms with Crippen LogP contribution in [0.5, 0.6) is 0 Å². The molecule has 1 aliphatic carbocycles. The van der Waals surface area contributed by atoms with Crippen molar-refractivity contribution in [3.05, 3.63) is 35.1 Å². The van der Waals surface area contributed by atoms with Crippen LogP contribution in [0.1, 0.15) is 71.9 Å². The average Bonchev–Trinajstić information content (AvgIpc) is 3.02. The summed E-state index contributed by atoms with van der Waals surface area (Å²) in [5.41, 5.74) is -0.695. The van der Waals surface area contributed by atoms with Crippen molar-refractivity contribution < 1.29 is 23.5 Å². The van der Waals surface area contributed by atoms with Crippen LogP contribution in [0.2, 0.25) is 0 Å². The zero-order valence-electron chi connectivity index (χ0n) is 20.0. The predicted molar refractivity (Wildman–Crippen MR) is 124 cm³/mol. The Morgan fingerprint density at radius 1 is 1.09 bits per heavy atom. The number of nitrogens with zero attached hydrogens (tertiary/aromatic N) is 2. The van der Waals surface area contributed by atoms with Crippen LogP contribution in [-0.4, -0.2) is 39.2 Å². The monoisotopic (exact) mass is 464 g/mol. The molecule has 32 heavy (non-hydrogen) atoms. The molecule has 0 unspecified atom stereocenters. The van der Waals surface area contributed by atoms with Crippen LogP contribution in [-0.2, 0) is 15.0 Å². The minimum atomic E-state index is -0.833. The molecule has 2 atom stereocenters. The second kappa shape index (κ2) is 8.69. The summed E-state index contributed by atoms with van der Waals surface area (Å²) in [6.07, 6.45) is 0.954. The molecule has 1 aliphatic heterocycles. The van der Waals surface area contributed by atoms with Crippen molar-refractivity contribution in [1.29, 1.82) is 0 Å². The first-order chi connectivity index (χ1) is 14.7. The molecule has 0 bridgehead atoms. The fourth-order valence-corrected chi connectivity index (χ4v) is 5.50. The molecule has 0 radical (unpaired) electrons. The first-order valence-electron chi connectivity index (χ1n) is 11.0. The number of halogens is 1. The highest BCUT2D eigenvalue weighted by Gasteiger charge is 2.49. The number of ether oxygens (including phenoxy) is 2. The van der Waals surface area contributed by atoms with E-state index >= 15 is 0 Å². The van der Waals surface area contributed by atoms with Gasteiger partial charge in [-0.2, -0.15) is 4.90 Å². The summed E-state index contributed by atoms with van der Waals surface area (Å²) in [4.78, 5) is 32.0. The minimum absolute atomic E-state index is 0.191. The Kier molecular flexibility index (Phi) is 6.67. The maximum absolute atomic E-state index is 14.3. The van der Waals surface area contributed by atoms with E-state index in [2.05, 4.69) is 0 Å². The molecule has 1 fully saturated rings. The summed E-state index contributed by atoms with van der Waals surface area (Å²) in [5.74, 6) is 0.541. The van der Waals surface area contributed by atoms with Crippen LogP contribution in [0.15, 0.2) is 23.2 Å². The number of carbonyl (C=O) groups excluding carboxylic acids is 2. The van der Waals surface area contributed by atoms with Gasteiger partial charge < -0.3 is 9.47 Å². The molecule has 176 valence electrons. The summed E-state index contributed by atoms with van der Waals surface area (Å²) >= 11 is 1.34. The Balaban J connectivity index is 2.09. The van der Waals surface area contributed by atoms with Crippen molar-refractivity contribution in [2.24, 2.45) is 10.9 Å². The third kappa shape index (κ3) is 5.45. The van der Waals surface area contributed by atoms with E-state index < -0.39 is 28.9 Å². The lowest BCUT2D eigenvalue weighted by atomic mass is 9.81. The van der Waals surface area contributed by atoms with Gasteiger partial charge in [0.25, 0.3) is 0 Å². The van der Waals surface area contributed by atoms with Crippen molar-refractivity contribution in [3.8, 4) is 0 Å². The Labute approximate surface area is 193 Å². The lowest BCUT2D eigenvalue weighted by Crippen LogP contribution is -2.48. The number of imide groups is 1. The smallest absolute Gasteiger partial charge is 0.426 e. The fourth-order valence-electron chi connectivity index (χ4n) is 4.20. The summed E-state index contributed by atoms with van der Waals surface area (Å²) in [6, 6.07) is 4.96. The standard InChI is InChI=1S/C24H33FN2O4S/c1-15-11-17(13-18(25)12-15)24-10-8-9-16(24)14-32-19(26-24)27(20(28)30-22(2,3)4)21(29)31-23(5,6)7/h11-13,16H,8-10,14H2,1-7H3/t16-,24-/m0/s1. The molecular weight excluding hydrogens is 431 g/mol. The number of aryl methyl sites for hydroxylation is 1. The third-order valence-corrected chi connectivity index (χ3v) is 6.48. The SMILES string of the molecule is Cc1cc(F)cc([C@]23CCC[C@H]2CSC(N(C(=O)OC(C)(C)C)C(=O)OC(C)(C)C)=N3)c1. The first-order valence-corrected chi connectivity index (χ1v) is 12.0. The van der Waals surface area contributed by atoms with Gasteiger partial charge in [0.1, 0.15) is 17.0 Å². The van der Waals surface area contributed by atoms with E-state index in [1.807, 2.05) is 13.0 Å². The van der Waals surface area contributed by atoms with E-state index in [1.165, 1.54) is 23.9 Å². The largest absolute Gasteiger partial charge is 0.443 e. The van der Waals surface area contributed by atoms with Crippen molar-refractivity contribution >= 4 is 29.1 Å². The Morgan fingerprint density at radius 2 is 1.69 bits per heavy atom. The zero-order valence-corrected chi connectivity index (χ0v) is 20.8. The van der Waals surface area contributed by atoms with Gasteiger partial charge in [0.15, 0.2) is 5.17 Å². The van der Waals surface area contributed by atoms with Crippen molar-refractivity contribution in [2.45, 2.75) is 84.5 Å². The fraction of sp³-hybridized carbons (Fsp3) is 0.625. The Hall–Kier alpha value is -2.09. The number of hydrogen-bond donors (Lipinski definition) is 0. The van der Waals surface area contributed by atoms with Crippen LogP contribution in [0.4, 0.5) is 14.0 Å². The zero-order chi connectivity index (χ0) is 23.9. The molecule has 1 aromatic carbocycles. The maximum Gasteiger partial charge on any atom is 0.426 e. The first kappa shape index (κ1) is 24.6. The van der Waals surface area contributed by atoms with E-state index in [0.29, 0.717) is 5.75 Å². The van der Waals surface area contributed by atoms with E-state index in [4.69, 9.17) is 14.5 Å². The maximum atomic E-state index is 14.3. The van der Waals surface area contributed by atoms with Crippen LogP contribution in [0, 0.1) is 18.7 Å². The van der Waals surface area contributed by atoms with Crippen LogP contribution in [0.25, 0.3) is 0 Å². The van der Waals surface area contributed by atoms with Gasteiger partial charge in [0, 0.05) is 5.75 Å². The number of carbonyl (C=O) groups is 2. The average molecular weight is 465 g/mol. The third-order valence-electron chi connectivity index (χ3n) is 5.38. The van der Waals surface area contributed by atoms with Gasteiger partial charge in [-0.3, -0.25) is 0 Å². The minimum Gasteiger partial charge on any atom is -0.443 e. The summed E-state index contributed by atoms with van der Waals surface area (Å²) in [6.45, 7) is 12.3. The number of thioether (sulfide) groups is 1. The number of benzene rings is 1. The van der Waals surface area contributed by atoms with Gasteiger partial charge >= 0.3 is 12.2 Å². The number of amides is 2. The summed E-state index contributed by atoms with van der Waals surface area (Å²) in [5, 5.41) is 0.230. The Morgan fingerprint density at radius 3 is 2.22 bits per heavy atom. The molecule has 6 nitrogen and oxygen atoms in total. The molecule has 0 saturated heterocycles. The van der Waals surface area contributed by atoms with Gasteiger partial charge in [-0.1, -0.05) is 24.2 Å². The number of rotatable bonds is 1. The lowest BCUT2D eigenvalue weighted by Gasteiger charge is -2.39. The number of amidine groups is 1. The molecule has 1 heterocycles. The van der Waals surface area contributed by atoms with Crippen LogP contribution >= 0.6 is 11.8 Å². The Bertz CT molecular complexity index is 887. The van der Waals surface area contributed by atoms with Gasteiger partial charge in [-0.15, -0.1) is 0 Å². The van der Waals surface area contributed by atoms with Crippen molar-refractivity contribution in [3.63, 3.8) is 0 Å². The van der Waals surface area contributed by atoms with E-state index in [0.717, 1.165) is 35.3 Å². The van der Waals surface area contributed by atoms with Crippen molar-refractivity contribution in [1.82, 2.24) is 4.90 Å². The van der Waals surface area contributed by atoms with Gasteiger partial charge in [0.2, 0.25) is 0 Å². The molecule has 1 aromatic rings. The van der Waals surface area contributed by atoms with E-state index in [-0.39, 0.29) is 16.9 Å². The van der Waals surface area contributed by atoms with E-state index in [1.54, 1.807) is 41.5 Å². The normalized spacial score (nSPS) is 23.2. The highest BCUT2D eigenvalue weighted by atomic mass is 32.2. The van der Waals surface area contributed by atoms with Gasteiger partial charge in [0.05, 0.1) is 5.54 Å². The molecule has 3 rings (SSSR count). The predicted octanol–water partition coefficient (Wildman–Crippen LogP) is 6.40. The topological polar surface area (TPSA) is 68.2 Å². The molecular formula is C24H33FN2O4S. The highest BCUT2D eigenvalue weighted by Crippen LogP contribution is 2.51. The second-order valence-electron chi connectivity index (χ2n) is 10.5. The second-order valence-corrected chi connectivity index (χ2v) is 11.5. The molecule has 1 saturated carbocycles. The van der Waals surface area contributed by atoms with Gasteiger partial charge in [-0.05, 0) is 90.5 Å². The summed E-state index contributed by atoms with van der Waals surface area (Å²) in [7, 11) is 0. The molecule has 2 amide bonds. The van der Waals surface area contributed by atoms with Gasteiger partial charge in [-0.25, -0.2) is 19.0 Å². The number of fused-ring (bicyclic) bond motifs is 1. The molecule has 0 N–H and O–H groups in total. The highest BCUT2D eigenvalue weighted by molar-refractivity contribution is 8.13. The number of hydrogen-bond acceptors (Lipinski definition) is 6. The van der Waals surface area contributed by atoms with E-state index in [9.17, 15) is 14.0 Å². The number of aliphatic imine (C=N–C) groups is 1. The molecule has 2 aliphatic rings. The molecule has 0 spiro atoms. The van der Waals surface area contributed by atoms with Crippen molar-refractivity contribution in [2.75, 3.05) is 5.75 Å². The summed E-state index contributed by atoms with van der Waals surface area (Å²) < 4.78 is 25.3. The molecule has 8 heteroatoms. The van der Waals surface area contributed by atoms with Crippen LogP contribution < -0.4 is 0 Å². The quantitative estimate of drug-likeness (QED) is 0.481.